The fourth-order valence-corrected chi connectivity index (χ4v) is 3.29. The van der Waals surface area contributed by atoms with Crippen molar-refractivity contribution in [3.63, 3.8) is 0 Å². The van der Waals surface area contributed by atoms with Crippen LogP contribution in [-0.2, 0) is 11.2 Å². The number of rotatable bonds is 4. The molecule has 0 bridgehead atoms. The van der Waals surface area contributed by atoms with Gasteiger partial charge in [-0.05, 0) is 11.6 Å². The molecular weight excluding hydrogens is 316 g/mol. The first-order chi connectivity index (χ1) is 12.3. The van der Waals surface area contributed by atoms with Gasteiger partial charge in [-0.3, -0.25) is 9.78 Å². The van der Waals surface area contributed by atoms with Crippen LogP contribution in [0.3, 0.4) is 0 Å². The summed E-state index contributed by atoms with van der Waals surface area (Å²) in [5.41, 5.74) is 2.12. The highest BCUT2D eigenvalue weighted by atomic mass is 16.5. The van der Waals surface area contributed by atoms with Crippen molar-refractivity contribution in [2.24, 2.45) is 0 Å². The van der Waals surface area contributed by atoms with Crippen LogP contribution >= 0.6 is 0 Å². The van der Waals surface area contributed by atoms with E-state index in [2.05, 4.69) is 21.0 Å². The third-order valence-electron chi connectivity index (χ3n) is 4.64. The molecule has 3 heterocycles. The van der Waals surface area contributed by atoms with Crippen LogP contribution in [0, 0.1) is 0 Å². The first-order valence-corrected chi connectivity index (χ1v) is 8.55. The lowest BCUT2D eigenvalue weighted by molar-refractivity contribution is -0.132. The van der Waals surface area contributed by atoms with Gasteiger partial charge in [-0.1, -0.05) is 18.2 Å². The Morgan fingerprint density at radius 2 is 2.08 bits per heavy atom. The maximum Gasteiger partial charge on any atom is 0.232 e. The summed E-state index contributed by atoms with van der Waals surface area (Å²) in [6.45, 7) is 1.43. The van der Waals surface area contributed by atoms with Crippen LogP contribution in [0.4, 0.5) is 0 Å². The van der Waals surface area contributed by atoms with Gasteiger partial charge < -0.3 is 14.6 Å². The minimum Gasteiger partial charge on any atom is -0.473 e. The Morgan fingerprint density at radius 3 is 2.88 bits per heavy atom. The maximum absolute atomic E-state index is 12.6. The van der Waals surface area contributed by atoms with E-state index in [0.29, 0.717) is 25.4 Å². The zero-order valence-electron chi connectivity index (χ0n) is 13.9. The van der Waals surface area contributed by atoms with Crippen LogP contribution < -0.4 is 4.74 Å². The molecule has 1 aliphatic heterocycles. The van der Waals surface area contributed by atoms with Crippen molar-refractivity contribution in [1.82, 2.24) is 19.9 Å². The zero-order chi connectivity index (χ0) is 17.1. The van der Waals surface area contributed by atoms with Gasteiger partial charge >= 0.3 is 0 Å². The van der Waals surface area contributed by atoms with E-state index < -0.39 is 0 Å². The highest BCUT2D eigenvalue weighted by molar-refractivity contribution is 5.88. The Kier molecular flexibility index (Phi) is 4.33. The smallest absolute Gasteiger partial charge is 0.232 e. The van der Waals surface area contributed by atoms with E-state index in [1.807, 2.05) is 29.3 Å². The second kappa shape index (κ2) is 6.93. The van der Waals surface area contributed by atoms with Gasteiger partial charge in [0.25, 0.3) is 0 Å². The highest BCUT2D eigenvalue weighted by Gasteiger charge is 2.24. The molecule has 1 N–H and O–H groups in total. The Balaban J connectivity index is 1.33. The predicted molar refractivity (Wildman–Crippen MR) is 94.3 cm³/mol. The quantitative estimate of drug-likeness (QED) is 0.795. The third kappa shape index (κ3) is 3.47. The van der Waals surface area contributed by atoms with Crippen LogP contribution in [-0.4, -0.2) is 45.0 Å². The maximum atomic E-state index is 12.6. The number of nitrogens with zero attached hydrogens (tertiary/aromatic N) is 3. The van der Waals surface area contributed by atoms with Gasteiger partial charge in [0.15, 0.2) is 0 Å². The van der Waals surface area contributed by atoms with E-state index in [1.54, 1.807) is 18.6 Å². The van der Waals surface area contributed by atoms with Crippen molar-refractivity contribution in [1.29, 1.82) is 0 Å². The summed E-state index contributed by atoms with van der Waals surface area (Å²) in [6, 6.07) is 8.07. The number of aromatic amines is 1. The standard InChI is InChI=1S/C19H20N4O2/c24-19(11-14-12-22-17-4-2-1-3-16(14)17)23-9-5-15(6-10-23)25-18-13-20-7-8-21-18/h1-4,7-8,12-13,15,22H,5-6,9-11H2. The minimum atomic E-state index is 0.0915. The number of amides is 1. The van der Waals surface area contributed by atoms with Gasteiger partial charge in [0.1, 0.15) is 6.10 Å². The molecule has 1 saturated heterocycles. The summed E-state index contributed by atoms with van der Waals surface area (Å²) >= 11 is 0. The second-order valence-corrected chi connectivity index (χ2v) is 6.28. The molecule has 1 aromatic carbocycles. The molecular formula is C19H20N4O2. The largest absolute Gasteiger partial charge is 0.473 e. The van der Waals surface area contributed by atoms with Gasteiger partial charge in [-0.25, -0.2) is 4.98 Å². The van der Waals surface area contributed by atoms with Crippen molar-refractivity contribution in [2.75, 3.05) is 13.1 Å². The van der Waals surface area contributed by atoms with Gasteiger partial charge in [0, 0.05) is 55.4 Å². The van der Waals surface area contributed by atoms with E-state index in [1.165, 1.54) is 0 Å². The van der Waals surface area contributed by atoms with Crippen molar-refractivity contribution in [3.8, 4) is 5.88 Å². The summed E-state index contributed by atoms with van der Waals surface area (Å²) in [7, 11) is 0. The average Bonchev–Trinajstić information content (AvgIpc) is 3.06. The Morgan fingerprint density at radius 1 is 1.24 bits per heavy atom. The molecule has 1 amide bonds. The summed E-state index contributed by atoms with van der Waals surface area (Å²) in [5, 5.41) is 1.12. The first kappa shape index (κ1) is 15.6. The van der Waals surface area contributed by atoms with E-state index >= 15 is 0 Å². The van der Waals surface area contributed by atoms with Crippen LogP contribution in [0.15, 0.2) is 49.1 Å². The molecule has 1 fully saturated rings. The molecule has 2 aromatic heterocycles. The zero-order valence-corrected chi connectivity index (χ0v) is 13.9. The summed E-state index contributed by atoms with van der Waals surface area (Å²) in [5.74, 6) is 0.716. The van der Waals surface area contributed by atoms with E-state index in [9.17, 15) is 4.79 Å². The number of carbonyl (C=O) groups is 1. The number of fused-ring (bicyclic) bond motifs is 1. The number of nitrogens with one attached hydrogen (secondary N) is 1. The average molecular weight is 336 g/mol. The monoisotopic (exact) mass is 336 g/mol. The number of carbonyl (C=O) groups excluding carboxylic acids is 1. The number of para-hydroxylation sites is 1. The molecule has 0 unspecified atom stereocenters. The lowest BCUT2D eigenvalue weighted by atomic mass is 10.1. The topological polar surface area (TPSA) is 71.1 Å². The van der Waals surface area contributed by atoms with Gasteiger partial charge in [-0.15, -0.1) is 0 Å². The molecule has 0 radical (unpaired) electrons. The summed E-state index contributed by atoms with van der Waals surface area (Å²) < 4.78 is 5.83. The molecule has 3 aromatic rings. The van der Waals surface area contributed by atoms with Crippen molar-refractivity contribution in [3.05, 3.63) is 54.6 Å². The number of aromatic nitrogens is 3. The minimum absolute atomic E-state index is 0.0915. The third-order valence-corrected chi connectivity index (χ3v) is 4.64. The summed E-state index contributed by atoms with van der Waals surface area (Å²) in [4.78, 5) is 25.9. The van der Waals surface area contributed by atoms with E-state index in [4.69, 9.17) is 4.74 Å². The number of piperidine rings is 1. The van der Waals surface area contributed by atoms with Crippen molar-refractivity contribution in [2.45, 2.75) is 25.4 Å². The van der Waals surface area contributed by atoms with Gasteiger partial charge in [0.2, 0.25) is 11.8 Å². The van der Waals surface area contributed by atoms with E-state index in [0.717, 1.165) is 29.3 Å². The summed E-state index contributed by atoms with van der Waals surface area (Å²) in [6.07, 6.45) is 8.95. The highest BCUT2D eigenvalue weighted by Crippen LogP contribution is 2.21. The molecule has 1 aliphatic rings. The van der Waals surface area contributed by atoms with Crippen LogP contribution in [0.1, 0.15) is 18.4 Å². The number of H-pyrrole nitrogens is 1. The molecule has 4 rings (SSSR count). The lowest BCUT2D eigenvalue weighted by Gasteiger charge is -2.31. The number of benzene rings is 1. The van der Waals surface area contributed by atoms with Crippen molar-refractivity contribution >= 4 is 16.8 Å². The second-order valence-electron chi connectivity index (χ2n) is 6.28. The molecule has 25 heavy (non-hydrogen) atoms. The number of likely N-dealkylation sites (tertiary alicyclic amines) is 1. The normalized spacial score (nSPS) is 15.4. The lowest BCUT2D eigenvalue weighted by Crippen LogP contribution is -2.42. The van der Waals surface area contributed by atoms with E-state index in [-0.39, 0.29) is 12.0 Å². The molecule has 128 valence electrons. The van der Waals surface area contributed by atoms with Crippen LogP contribution in [0.2, 0.25) is 0 Å². The number of ether oxygens (including phenoxy) is 1. The number of hydrogen-bond donors (Lipinski definition) is 1. The van der Waals surface area contributed by atoms with Crippen molar-refractivity contribution < 1.29 is 9.53 Å². The fourth-order valence-electron chi connectivity index (χ4n) is 3.29. The van der Waals surface area contributed by atoms with Crippen LogP contribution in [0.25, 0.3) is 10.9 Å². The predicted octanol–water partition coefficient (Wildman–Crippen LogP) is 2.57. The molecule has 6 heteroatoms. The SMILES string of the molecule is O=C(Cc1c[nH]c2ccccc12)N1CCC(Oc2cnccn2)CC1. The Hall–Kier alpha value is -2.89. The van der Waals surface area contributed by atoms with Crippen LogP contribution in [0.5, 0.6) is 5.88 Å². The Bertz CT molecular complexity index is 854. The van der Waals surface area contributed by atoms with Gasteiger partial charge in [-0.2, -0.15) is 0 Å². The first-order valence-electron chi connectivity index (χ1n) is 8.55. The molecule has 0 saturated carbocycles. The molecule has 0 atom stereocenters. The fraction of sp³-hybridized carbons (Fsp3) is 0.316. The number of hydrogen-bond acceptors (Lipinski definition) is 4. The Labute approximate surface area is 145 Å². The van der Waals surface area contributed by atoms with Gasteiger partial charge in [0.05, 0.1) is 12.6 Å². The molecule has 0 aliphatic carbocycles. The molecule has 6 nitrogen and oxygen atoms in total. The molecule has 0 spiro atoms.